The quantitative estimate of drug-likeness (QED) is 0.782. The fourth-order valence-electron chi connectivity index (χ4n) is 1.29. The number of oxazole rings is 1. The molecular formula is C13H10N2O. The van der Waals surface area contributed by atoms with Crippen molar-refractivity contribution in [2.24, 2.45) is 0 Å². The molecule has 0 atom stereocenters. The molecule has 2 rings (SSSR count). The first-order valence-electron chi connectivity index (χ1n) is 4.93. The van der Waals surface area contributed by atoms with Crippen LogP contribution >= 0.6 is 0 Å². The smallest absolute Gasteiger partial charge is 0.218 e. The highest BCUT2D eigenvalue weighted by Gasteiger charge is 1.99. The summed E-state index contributed by atoms with van der Waals surface area (Å²) in [4.78, 5) is 4.14. The predicted octanol–water partition coefficient (Wildman–Crippen LogP) is 2.91. The van der Waals surface area contributed by atoms with Crippen LogP contribution in [0.1, 0.15) is 17.1 Å². The molecule has 78 valence electrons. The van der Waals surface area contributed by atoms with Gasteiger partial charge in [0.2, 0.25) is 5.89 Å². The number of hydrogen-bond donors (Lipinski definition) is 0. The lowest BCUT2D eigenvalue weighted by molar-refractivity contribution is 0.546. The van der Waals surface area contributed by atoms with E-state index in [1.165, 1.54) is 6.26 Å². The molecule has 1 aromatic carbocycles. The zero-order chi connectivity index (χ0) is 11.2. The van der Waals surface area contributed by atoms with E-state index in [1.54, 1.807) is 6.08 Å². The van der Waals surface area contributed by atoms with Gasteiger partial charge < -0.3 is 4.42 Å². The largest absolute Gasteiger partial charge is 0.445 e. The van der Waals surface area contributed by atoms with Gasteiger partial charge >= 0.3 is 0 Å². The Morgan fingerprint density at radius 2 is 2.06 bits per heavy atom. The standard InChI is InChI=1S/C13H10N2O/c14-9-8-12-10-16-13(15-12)7-6-11-4-2-1-3-5-11/h1-7,10H,8H2/b7-6+. The molecule has 2 aromatic rings. The first-order valence-corrected chi connectivity index (χ1v) is 4.93. The molecule has 3 heteroatoms. The van der Waals surface area contributed by atoms with Crippen LogP contribution in [0.3, 0.4) is 0 Å². The average molecular weight is 210 g/mol. The summed E-state index contributed by atoms with van der Waals surface area (Å²) >= 11 is 0. The Morgan fingerprint density at radius 1 is 1.25 bits per heavy atom. The summed E-state index contributed by atoms with van der Waals surface area (Å²) in [6.45, 7) is 0. The third-order valence-electron chi connectivity index (χ3n) is 2.05. The molecule has 3 nitrogen and oxygen atoms in total. The number of aromatic nitrogens is 1. The summed E-state index contributed by atoms with van der Waals surface area (Å²) in [5.74, 6) is 0.522. The molecule has 0 aliphatic rings. The Bertz CT molecular complexity index is 520. The summed E-state index contributed by atoms with van der Waals surface area (Å²) in [6.07, 6.45) is 5.49. The highest BCUT2D eigenvalue weighted by Crippen LogP contribution is 2.08. The van der Waals surface area contributed by atoms with Gasteiger partial charge in [-0.1, -0.05) is 30.3 Å². The SMILES string of the molecule is N#CCc1coc(/C=C/c2ccccc2)n1. The molecule has 0 bridgehead atoms. The third-order valence-corrected chi connectivity index (χ3v) is 2.05. The van der Waals surface area contributed by atoms with Gasteiger partial charge in [0.15, 0.2) is 0 Å². The van der Waals surface area contributed by atoms with E-state index in [9.17, 15) is 0 Å². The van der Waals surface area contributed by atoms with E-state index in [2.05, 4.69) is 4.98 Å². The minimum atomic E-state index is 0.280. The zero-order valence-corrected chi connectivity index (χ0v) is 8.63. The molecule has 0 aliphatic carbocycles. The fourth-order valence-corrected chi connectivity index (χ4v) is 1.29. The molecule has 0 fully saturated rings. The first kappa shape index (κ1) is 10.2. The van der Waals surface area contributed by atoms with Gasteiger partial charge in [-0.15, -0.1) is 0 Å². The van der Waals surface area contributed by atoms with Gasteiger partial charge in [0.25, 0.3) is 0 Å². The van der Waals surface area contributed by atoms with E-state index in [0.717, 1.165) is 5.56 Å². The second-order valence-corrected chi connectivity index (χ2v) is 3.26. The minimum absolute atomic E-state index is 0.280. The molecule has 16 heavy (non-hydrogen) atoms. The molecule has 0 saturated heterocycles. The molecule has 0 spiro atoms. The van der Waals surface area contributed by atoms with Crippen molar-refractivity contribution in [1.82, 2.24) is 4.98 Å². The van der Waals surface area contributed by atoms with Crippen molar-refractivity contribution >= 4 is 12.2 Å². The van der Waals surface area contributed by atoms with E-state index in [4.69, 9.17) is 9.68 Å². The van der Waals surface area contributed by atoms with Crippen LogP contribution in [0.15, 0.2) is 41.0 Å². The second kappa shape index (κ2) is 4.94. The molecule has 0 N–H and O–H groups in total. The molecular weight excluding hydrogens is 200 g/mol. The molecule has 0 aliphatic heterocycles. The maximum atomic E-state index is 8.49. The van der Waals surface area contributed by atoms with Crippen LogP contribution in [0.2, 0.25) is 0 Å². The second-order valence-electron chi connectivity index (χ2n) is 3.26. The highest BCUT2D eigenvalue weighted by atomic mass is 16.3. The maximum absolute atomic E-state index is 8.49. The summed E-state index contributed by atoms with van der Waals surface area (Å²) in [7, 11) is 0. The number of nitrogens with zero attached hydrogens (tertiary/aromatic N) is 2. The average Bonchev–Trinajstić information content (AvgIpc) is 2.76. The topological polar surface area (TPSA) is 49.8 Å². The van der Waals surface area contributed by atoms with Crippen LogP contribution in [0.4, 0.5) is 0 Å². The summed E-state index contributed by atoms with van der Waals surface area (Å²) in [6, 6.07) is 11.9. The lowest BCUT2D eigenvalue weighted by Crippen LogP contribution is -1.80. The third kappa shape index (κ3) is 2.58. The van der Waals surface area contributed by atoms with Gasteiger partial charge in [-0.25, -0.2) is 4.98 Å². The molecule has 0 saturated carbocycles. The minimum Gasteiger partial charge on any atom is -0.445 e. The number of nitriles is 1. The van der Waals surface area contributed by atoms with Crippen molar-refractivity contribution in [2.45, 2.75) is 6.42 Å². The summed E-state index contributed by atoms with van der Waals surface area (Å²) in [5.41, 5.74) is 1.75. The van der Waals surface area contributed by atoms with Crippen molar-refractivity contribution in [3.8, 4) is 6.07 Å². The van der Waals surface area contributed by atoms with Crippen LogP contribution in [-0.2, 0) is 6.42 Å². The number of hydrogen-bond acceptors (Lipinski definition) is 3. The van der Waals surface area contributed by atoms with Crippen molar-refractivity contribution in [3.05, 3.63) is 53.7 Å². The molecule has 0 radical (unpaired) electrons. The van der Waals surface area contributed by atoms with Gasteiger partial charge in [-0.2, -0.15) is 5.26 Å². The lowest BCUT2D eigenvalue weighted by Gasteiger charge is -1.88. The Labute approximate surface area is 93.7 Å². The van der Waals surface area contributed by atoms with E-state index in [0.29, 0.717) is 11.6 Å². The number of rotatable bonds is 3. The van der Waals surface area contributed by atoms with Crippen LogP contribution in [-0.4, -0.2) is 4.98 Å². The molecule has 1 heterocycles. The molecule has 0 amide bonds. The monoisotopic (exact) mass is 210 g/mol. The van der Waals surface area contributed by atoms with Gasteiger partial charge in [0.1, 0.15) is 6.26 Å². The first-order chi connectivity index (χ1) is 7.88. The normalized spacial score (nSPS) is 10.4. The zero-order valence-electron chi connectivity index (χ0n) is 8.63. The van der Waals surface area contributed by atoms with Crippen molar-refractivity contribution in [3.63, 3.8) is 0 Å². The Morgan fingerprint density at radius 3 is 2.81 bits per heavy atom. The lowest BCUT2D eigenvalue weighted by atomic mass is 10.2. The van der Waals surface area contributed by atoms with Crippen molar-refractivity contribution < 1.29 is 4.42 Å². The van der Waals surface area contributed by atoms with Gasteiger partial charge in [0, 0.05) is 6.08 Å². The van der Waals surface area contributed by atoms with E-state index >= 15 is 0 Å². The van der Waals surface area contributed by atoms with Crippen LogP contribution in [0.25, 0.3) is 12.2 Å². The maximum Gasteiger partial charge on any atom is 0.218 e. The summed E-state index contributed by atoms with van der Waals surface area (Å²) in [5, 5.41) is 8.49. The van der Waals surface area contributed by atoms with Crippen LogP contribution < -0.4 is 0 Å². The molecule has 1 aromatic heterocycles. The Kier molecular flexibility index (Phi) is 3.15. The van der Waals surface area contributed by atoms with Crippen LogP contribution in [0.5, 0.6) is 0 Å². The van der Waals surface area contributed by atoms with Gasteiger partial charge in [-0.3, -0.25) is 0 Å². The Balaban J connectivity index is 2.09. The Hall–Kier alpha value is -2.34. The van der Waals surface area contributed by atoms with E-state index in [1.807, 2.05) is 42.5 Å². The molecule has 0 unspecified atom stereocenters. The highest BCUT2D eigenvalue weighted by molar-refractivity contribution is 5.65. The predicted molar refractivity (Wildman–Crippen MR) is 61.2 cm³/mol. The van der Waals surface area contributed by atoms with Crippen molar-refractivity contribution in [1.29, 1.82) is 5.26 Å². The van der Waals surface area contributed by atoms with Crippen LogP contribution in [0, 0.1) is 11.3 Å². The summed E-state index contributed by atoms with van der Waals surface area (Å²) < 4.78 is 5.19. The van der Waals surface area contributed by atoms with E-state index in [-0.39, 0.29) is 6.42 Å². The van der Waals surface area contributed by atoms with E-state index < -0.39 is 0 Å². The van der Waals surface area contributed by atoms with Gasteiger partial charge in [0.05, 0.1) is 18.2 Å². The van der Waals surface area contributed by atoms with Crippen molar-refractivity contribution in [2.75, 3.05) is 0 Å². The number of benzene rings is 1. The fraction of sp³-hybridized carbons (Fsp3) is 0.0769. The van der Waals surface area contributed by atoms with Gasteiger partial charge in [-0.05, 0) is 11.6 Å².